The maximum atomic E-state index is 13.4. The summed E-state index contributed by atoms with van der Waals surface area (Å²) in [6.45, 7) is 6.07. The number of fused-ring (bicyclic) bond motifs is 1. The third-order valence-electron chi connectivity index (χ3n) is 6.91. The Hall–Kier alpha value is -5.48. The summed E-state index contributed by atoms with van der Waals surface area (Å²) < 4.78 is 20.1. The number of para-hydroxylation sites is 1. The molecular formula is C34H29N5O4S. The van der Waals surface area contributed by atoms with Crippen LogP contribution in [-0.4, -0.2) is 45.2 Å². The molecule has 6 rings (SSSR count). The third-order valence-corrected chi connectivity index (χ3v) is 7.87. The van der Waals surface area contributed by atoms with Crippen molar-refractivity contribution >= 4 is 34.5 Å². The molecule has 3 aromatic carbocycles. The first kappa shape index (κ1) is 28.6. The van der Waals surface area contributed by atoms with Crippen LogP contribution in [0.4, 0.5) is 0 Å². The Bertz CT molecular complexity index is 2110. The molecule has 0 saturated heterocycles. The number of methoxy groups -OCH3 is 2. The quantitative estimate of drug-likeness (QED) is 0.188. The Morgan fingerprint density at radius 2 is 1.80 bits per heavy atom. The fourth-order valence-corrected chi connectivity index (χ4v) is 5.64. The molecule has 3 aromatic heterocycles. The van der Waals surface area contributed by atoms with E-state index in [1.54, 1.807) is 26.4 Å². The van der Waals surface area contributed by atoms with Crippen LogP contribution in [0.15, 0.2) is 90.4 Å². The number of rotatable bonds is 10. The first-order chi connectivity index (χ1) is 21.5. The van der Waals surface area contributed by atoms with Gasteiger partial charge in [-0.3, -0.25) is 4.79 Å². The van der Waals surface area contributed by atoms with E-state index in [0.29, 0.717) is 33.4 Å². The molecule has 0 fully saturated rings. The minimum atomic E-state index is -0.243. The van der Waals surface area contributed by atoms with Crippen molar-refractivity contribution in [1.29, 1.82) is 0 Å². The van der Waals surface area contributed by atoms with E-state index >= 15 is 0 Å². The highest BCUT2D eigenvalue weighted by molar-refractivity contribution is 7.15. The monoisotopic (exact) mass is 603 g/mol. The van der Waals surface area contributed by atoms with Crippen molar-refractivity contribution in [3.05, 3.63) is 123 Å². The van der Waals surface area contributed by atoms with Crippen LogP contribution in [0.5, 0.6) is 17.2 Å². The fraction of sp³-hybridized carbons (Fsp3) is 0.118. The Morgan fingerprint density at radius 1 is 0.955 bits per heavy atom. The number of nitrogens with zero attached hydrogens (tertiary/aromatic N) is 5. The van der Waals surface area contributed by atoms with Gasteiger partial charge in [-0.15, -0.1) is 5.10 Å². The highest BCUT2D eigenvalue weighted by atomic mass is 32.1. The standard InChI is InChI=1S/C34H29N5O4S/c1-5-17-43-28-15-11-23(19-29(28)42-4)12-16-31-35-34-39(36-31)33(40)30(44-34)20-24-21-38(25-9-7-6-8-10-25)37-32(24)27-14-13-26(41-3)18-22(27)2/h5-16,18-21H,1,17H2,2-4H3/b16-12+,30-20-. The highest BCUT2D eigenvalue weighted by Crippen LogP contribution is 2.30. The van der Waals surface area contributed by atoms with E-state index in [4.69, 9.17) is 19.3 Å². The van der Waals surface area contributed by atoms with Crippen molar-refractivity contribution in [2.45, 2.75) is 6.92 Å². The molecular weight excluding hydrogens is 574 g/mol. The van der Waals surface area contributed by atoms with E-state index in [-0.39, 0.29) is 5.56 Å². The van der Waals surface area contributed by atoms with Gasteiger partial charge in [0, 0.05) is 17.3 Å². The molecule has 10 heteroatoms. The molecule has 9 nitrogen and oxygen atoms in total. The molecule has 6 aromatic rings. The summed E-state index contributed by atoms with van der Waals surface area (Å²) in [5.74, 6) is 2.43. The average Bonchev–Trinajstić information content (AvgIpc) is 3.73. The van der Waals surface area contributed by atoms with Gasteiger partial charge in [-0.2, -0.15) is 14.6 Å². The zero-order chi connectivity index (χ0) is 30.6. The number of thiazole rings is 1. The number of aryl methyl sites for hydroxylation is 1. The van der Waals surface area contributed by atoms with E-state index in [1.165, 1.54) is 15.9 Å². The van der Waals surface area contributed by atoms with Crippen LogP contribution < -0.4 is 24.3 Å². The second-order valence-electron chi connectivity index (χ2n) is 9.82. The molecule has 44 heavy (non-hydrogen) atoms. The second-order valence-corrected chi connectivity index (χ2v) is 10.8. The molecule has 0 bridgehead atoms. The van der Waals surface area contributed by atoms with Crippen LogP contribution in [0, 0.1) is 6.92 Å². The number of hydrogen-bond donors (Lipinski definition) is 0. The van der Waals surface area contributed by atoms with Crippen molar-refractivity contribution in [2.75, 3.05) is 20.8 Å². The van der Waals surface area contributed by atoms with Gasteiger partial charge in [-0.1, -0.05) is 54.3 Å². The van der Waals surface area contributed by atoms with E-state index < -0.39 is 0 Å². The van der Waals surface area contributed by atoms with Crippen molar-refractivity contribution in [3.63, 3.8) is 0 Å². The largest absolute Gasteiger partial charge is 0.497 e. The van der Waals surface area contributed by atoms with E-state index in [9.17, 15) is 4.79 Å². The number of benzene rings is 3. The van der Waals surface area contributed by atoms with Gasteiger partial charge in [0.2, 0.25) is 4.96 Å². The van der Waals surface area contributed by atoms with Crippen LogP contribution in [0.25, 0.3) is 40.1 Å². The topological polar surface area (TPSA) is 92.8 Å². The molecule has 0 amide bonds. The maximum absolute atomic E-state index is 13.4. The lowest BCUT2D eigenvalue weighted by Crippen LogP contribution is -2.23. The summed E-state index contributed by atoms with van der Waals surface area (Å²) in [6.07, 6.45) is 9.08. The van der Waals surface area contributed by atoms with Gasteiger partial charge >= 0.3 is 0 Å². The summed E-state index contributed by atoms with van der Waals surface area (Å²) in [4.78, 5) is 18.5. The van der Waals surface area contributed by atoms with E-state index in [0.717, 1.165) is 39.4 Å². The van der Waals surface area contributed by atoms with Gasteiger partial charge in [-0.05, 0) is 72.7 Å². The number of aromatic nitrogens is 5. The zero-order valence-corrected chi connectivity index (χ0v) is 25.2. The van der Waals surface area contributed by atoms with Crippen molar-refractivity contribution in [2.24, 2.45) is 0 Å². The molecule has 0 unspecified atom stereocenters. The molecule has 0 N–H and O–H groups in total. The lowest BCUT2D eigenvalue weighted by molar-refractivity contribution is 0.326. The smallest absolute Gasteiger partial charge is 0.291 e. The lowest BCUT2D eigenvalue weighted by atomic mass is 10.0. The summed E-state index contributed by atoms with van der Waals surface area (Å²) in [6, 6.07) is 21.3. The zero-order valence-electron chi connectivity index (χ0n) is 24.4. The number of hydrogen-bond acceptors (Lipinski definition) is 8. The Kier molecular flexibility index (Phi) is 8.07. The minimum absolute atomic E-state index is 0.243. The molecule has 0 spiro atoms. The summed E-state index contributed by atoms with van der Waals surface area (Å²) in [5.41, 5.74) is 5.06. The Balaban J connectivity index is 1.35. The van der Waals surface area contributed by atoms with Gasteiger partial charge < -0.3 is 14.2 Å². The fourth-order valence-electron chi connectivity index (χ4n) is 4.73. The first-order valence-electron chi connectivity index (χ1n) is 13.8. The molecule has 3 heterocycles. The first-order valence-corrected chi connectivity index (χ1v) is 14.6. The molecule has 0 aliphatic rings. The molecule has 0 atom stereocenters. The average molecular weight is 604 g/mol. The van der Waals surface area contributed by atoms with E-state index in [1.807, 2.05) is 96.7 Å². The van der Waals surface area contributed by atoms with Crippen LogP contribution in [0.1, 0.15) is 22.5 Å². The Morgan fingerprint density at radius 3 is 2.52 bits per heavy atom. The molecule has 0 saturated carbocycles. The van der Waals surface area contributed by atoms with Gasteiger partial charge in [0.15, 0.2) is 17.3 Å². The SMILES string of the molecule is C=CCOc1ccc(/C=C/c2nc3s/c(=C\c4cn(-c5ccccc5)nc4-c4ccc(OC)cc4C)c(=O)n3n2)cc1OC. The molecule has 0 aliphatic carbocycles. The summed E-state index contributed by atoms with van der Waals surface area (Å²) in [5, 5.41) is 9.36. The number of ether oxygens (including phenoxy) is 3. The van der Waals surface area contributed by atoms with Crippen molar-refractivity contribution < 1.29 is 14.2 Å². The maximum Gasteiger partial charge on any atom is 0.291 e. The van der Waals surface area contributed by atoms with E-state index in [2.05, 4.69) is 16.7 Å². The van der Waals surface area contributed by atoms with Gasteiger partial charge in [0.25, 0.3) is 5.56 Å². The predicted molar refractivity (Wildman–Crippen MR) is 174 cm³/mol. The van der Waals surface area contributed by atoms with Crippen LogP contribution in [0.2, 0.25) is 0 Å². The van der Waals surface area contributed by atoms with Crippen LogP contribution >= 0.6 is 11.3 Å². The molecule has 220 valence electrons. The normalized spacial score (nSPS) is 11.8. The summed E-state index contributed by atoms with van der Waals surface area (Å²) in [7, 11) is 3.23. The van der Waals surface area contributed by atoms with Crippen molar-refractivity contribution in [1.82, 2.24) is 24.4 Å². The summed E-state index contributed by atoms with van der Waals surface area (Å²) >= 11 is 1.28. The Labute approximate surface area is 257 Å². The highest BCUT2D eigenvalue weighted by Gasteiger charge is 2.16. The van der Waals surface area contributed by atoms with Crippen LogP contribution in [0.3, 0.4) is 0 Å². The predicted octanol–water partition coefficient (Wildman–Crippen LogP) is 5.61. The molecule has 0 radical (unpaired) electrons. The minimum Gasteiger partial charge on any atom is -0.497 e. The van der Waals surface area contributed by atoms with Crippen molar-refractivity contribution in [3.8, 4) is 34.2 Å². The molecule has 0 aliphatic heterocycles. The van der Waals surface area contributed by atoms with Gasteiger partial charge in [0.05, 0.1) is 24.4 Å². The van der Waals surface area contributed by atoms with Gasteiger partial charge in [-0.25, -0.2) is 4.68 Å². The second kappa shape index (κ2) is 12.4. The van der Waals surface area contributed by atoms with Crippen LogP contribution in [-0.2, 0) is 0 Å². The third kappa shape index (κ3) is 5.75. The van der Waals surface area contributed by atoms with Gasteiger partial charge in [0.1, 0.15) is 18.1 Å². The lowest BCUT2D eigenvalue weighted by Gasteiger charge is -2.09.